The van der Waals surface area contributed by atoms with Crippen molar-refractivity contribution in [2.75, 3.05) is 54.9 Å². The molecule has 9 nitrogen and oxygen atoms in total. The summed E-state index contributed by atoms with van der Waals surface area (Å²) in [5, 5.41) is 9.41. The zero-order chi connectivity index (χ0) is 22.7. The number of alkyl halides is 3. The molecule has 1 fully saturated rings. The smallest absolute Gasteiger partial charge is 0.378 e. The summed E-state index contributed by atoms with van der Waals surface area (Å²) < 4.78 is 47.9. The number of halogens is 3. The fourth-order valence-corrected chi connectivity index (χ4v) is 3.41. The van der Waals surface area contributed by atoms with Crippen LogP contribution in [0.4, 0.5) is 30.4 Å². The van der Waals surface area contributed by atoms with E-state index < -0.39 is 17.6 Å². The summed E-state index contributed by atoms with van der Waals surface area (Å²) in [5.41, 5.74) is 4.89. The second-order valence-electron chi connectivity index (χ2n) is 7.14. The Morgan fingerprint density at radius 1 is 1.22 bits per heavy atom. The third-order valence-electron chi connectivity index (χ3n) is 5.00. The van der Waals surface area contributed by atoms with E-state index in [0.29, 0.717) is 50.9 Å². The molecule has 170 valence electrons. The molecule has 0 radical (unpaired) electrons. The average molecular weight is 449 g/mol. The lowest BCUT2D eigenvalue weighted by molar-refractivity contribution is -0.136. The third kappa shape index (κ3) is 4.60. The molecule has 3 heterocycles. The number of anilines is 3. The number of morpholine rings is 1. The van der Waals surface area contributed by atoms with Crippen molar-refractivity contribution in [1.82, 2.24) is 14.6 Å². The molecule has 0 unspecified atom stereocenters. The molecule has 12 heteroatoms. The number of aromatic nitrogens is 3. The minimum atomic E-state index is -4.65. The zero-order valence-corrected chi connectivity index (χ0v) is 17.0. The number of hydrogen-bond donors (Lipinski definition) is 3. The van der Waals surface area contributed by atoms with Crippen LogP contribution >= 0.6 is 0 Å². The van der Waals surface area contributed by atoms with Gasteiger partial charge >= 0.3 is 6.18 Å². The molecule has 0 saturated carbocycles. The van der Waals surface area contributed by atoms with Gasteiger partial charge in [-0.2, -0.15) is 18.3 Å². The van der Waals surface area contributed by atoms with Gasteiger partial charge in [-0.1, -0.05) is 0 Å². The number of carbonyl (C=O) groups is 1. The average Bonchev–Trinajstić information content (AvgIpc) is 3.21. The van der Waals surface area contributed by atoms with Crippen molar-refractivity contribution in [2.24, 2.45) is 5.73 Å². The van der Waals surface area contributed by atoms with Crippen LogP contribution in [0.25, 0.3) is 5.65 Å². The lowest BCUT2D eigenvalue weighted by atomic mass is 10.1. The van der Waals surface area contributed by atoms with Gasteiger partial charge in [0.05, 0.1) is 30.7 Å². The second kappa shape index (κ2) is 9.01. The molecule has 1 amide bonds. The largest absolute Gasteiger partial charge is 0.418 e. The summed E-state index contributed by atoms with van der Waals surface area (Å²) in [6.07, 6.45) is -1.79. The lowest BCUT2D eigenvalue weighted by Gasteiger charge is -2.29. The van der Waals surface area contributed by atoms with Crippen LogP contribution in [0.3, 0.4) is 0 Å². The molecule has 0 spiro atoms. The van der Waals surface area contributed by atoms with Gasteiger partial charge in [-0.25, -0.2) is 9.50 Å². The van der Waals surface area contributed by atoms with E-state index in [2.05, 4.69) is 20.7 Å². The first-order chi connectivity index (χ1) is 15.4. The Labute approximate surface area is 181 Å². The number of fused-ring (bicyclic) bond motifs is 1. The SMILES string of the molecule is NCCNc1ccn2ncc(C(=O)Nc3ccc(N4CCOCC4)cc3C(F)(F)F)c2n1. The molecule has 1 aliphatic heterocycles. The minimum Gasteiger partial charge on any atom is -0.378 e. The van der Waals surface area contributed by atoms with Crippen molar-refractivity contribution in [3.8, 4) is 0 Å². The first kappa shape index (κ1) is 21.8. The van der Waals surface area contributed by atoms with Gasteiger partial charge in [0.15, 0.2) is 5.65 Å². The molecule has 0 bridgehead atoms. The van der Waals surface area contributed by atoms with Crippen LogP contribution in [0, 0.1) is 0 Å². The number of ether oxygens (including phenoxy) is 1. The fourth-order valence-electron chi connectivity index (χ4n) is 3.41. The first-order valence-electron chi connectivity index (χ1n) is 10.0. The van der Waals surface area contributed by atoms with Crippen molar-refractivity contribution in [3.05, 3.63) is 47.8 Å². The Kier molecular flexibility index (Phi) is 6.15. The maximum Gasteiger partial charge on any atom is 0.418 e. The number of hydrogen-bond acceptors (Lipinski definition) is 7. The molecule has 2 aromatic heterocycles. The first-order valence-corrected chi connectivity index (χ1v) is 10.0. The van der Waals surface area contributed by atoms with E-state index in [1.165, 1.54) is 16.8 Å². The molecule has 1 saturated heterocycles. The monoisotopic (exact) mass is 449 g/mol. The minimum absolute atomic E-state index is 0.0479. The van der Waals surface area contributed by atoms with Crippen molar-refractivity contribution in [1.29, 1.82) is 0 Å². The lowest BCUT2D eigenvalue weighted by Crippen LogP contribution is -2.36. The van der Waals surface area contributed by atoms with Crippen molar-refractivity contribution >= 4 is 28.7 Å². The Hall–Kier alpha value is -3.38. The highest BCUT2D eigenvalue weighted by molar-refractivity contribution is 6.08. The number of benzene rings is 1. The van der Waals surface area contributed by atoms with Crippen LogP contribution in [0.5, 0.6) is 0 Å². The molecule has 32 heavy (non-hydrogen) atoms. The molecule has 4 N–H and O–H groups in total. The topological polar surface area (TPSA) is 110 Å². The summed E-state index contributed by atoms with van der Waals surface area (Å²) in [5.74, 6) is -0.267. The van der Waals surface area contributed by atoms with Gasteiger partial charge in [-0.05, 0) is 24.3 Å². The summed E-state index contributed by atoms with van der Waals surface area (Å²) >= 11 is 0. The predicted octanol–water partition coefficient (Wildman–Crippen LogP) is 2.21. The Bertz CT molecular complexity index is 1110. The molecule has 0 aliphatic carbocycles. The van der Waals surface area contributed by atoms with Crippen molar-refractivity contribution in [3.63, 3.8) is 0 Å². The quantitative estimate of drug-likeness (QED) is 0.529. The fraction of sp³-hybridized carbons (Fsp3) is 0.350. The van der Waals surface area contributed by atoms with Crippen LogP contribution in [-0.4, -0.2) is 59.9 Å². The van der Waals surface area contributed by atoms with Crippen LogP contribution in [0.2, 0.25) is 0 Å². The predicted molar refractivity (Wildman–Crippen MR) is 113 cm³/mol. The van der Waals surface area contributed by atoms with Crippen LogP contribution in [0.1, 0.15) is 15.9 Å². The number of amides is 1. The summed E-state index contributed by atoms with van der Waals surface area (Å²) in [6.45, 7) is 2.76. The standard InChI is InChI=1S/C20H22F3N7O2/c21-20(22,23)15-11-13(29-7-9-32-10-8-29)1-2-16(15)27-19(31)14-12-26-30-6-3-17(25-5-4-24)28-18(14)30/h1-3,6,11-12H,4-5,7-10,24H2,(H,25,28)(H,27,31). The maximum absolute atomic E-state index is 13.8. The van der Waals surface area contributed by atoms with E-state index in [4.69, 9.17) is 10.5 Å². The number of rotatable bonds is 6. The van der Waals surface area contributed by atoms with Gasteiger partial charge in [0.1, 0.15) is 11.4 Å². The van der Waals surface area contributed by atoms with Crippen LogP contribution in [0.15, 0.2) is 36.7 Å². The zero-order valence-electron chi connectivity index (χ0n) is 17.0. The van der Waals surface area contributed by atoms with Gasteiger partial charge in [-0.15, -0.1) is 0 Å². The van der Waals surface area contributed by atoms with Crippen LogP contribution < -0.4 is 21.3 Å². The third-order valence-corrected chi connectivity index (χ3v) is 5.00. The van der Waals surface area contributed by atoms with E-state index in [9.17, 15) is 18.0 Å². The molecular weight excluding hydrogens is 427 g/mol. The highest BCUT2D eigenvalue weighted by Gasteiger charge is 2.35. The van der Waals surface area contributed by atoms with Crippen molar-refractivity contribution in [2.45, 2.75) is 6.18 Å². The van der Waals surface area contributed by atoms with Gasteiger partial charge in [-0.3, -0.25) is 4.79 Å². The molecular formula is C20H22F3N7O2. The molecule has 4 rings (SSSR count). The molecule has 0 atom stereocenters. The molecule has 1 aromatic carbocycles. The van der Waals surface area contributed by atoms with Crippen LogP contribution in [-0.2, 0) is 10.9 Å². The molecule has 1 aliphatic rings. The van der Waals surface area contributed by atoms with E-state index >= 15 is 0 Å². The Morgan fingerprint density at radius 2 is 2.00 bits per heavy atom. The van der Waals surface area contributed by atoms with Crippen molar-refractivity contribution < 1.29 is 22.7 Å². The van der Waals surface area contributed by atoms with Gasteiger partial charge in [0.25, 0.3) is 5.91 Å². The van der Waals surface area contributed by atoms with E-state index in [1.54, 1.807) is 18.3 Å². The molecule has 3 aromatic rings. The van der Waals surface area contributed by atoms with E-state index in [1.807, 2.05) is 4.90 Å². The number of carbonyl (C=O) groups excluding carboxylic acids is 1. The summed E-state index contributed by atoms with van der Waals surface area (Å²) in [7, 11) is 0. The van der Waals surface area contributed by atoms with E-state index in [0.717, 1.165) is 6.07 Å². The number of nitrogens with two attached hydrogens (primary N) is 1. The Balaban J connectivity index is 1.62. The highest BCUT2D eigenvalue weighted by atomic mass is 19.4. The highest BCUT2D eigenvalue weighted by Crippen LogP contribution is 2.37. The summed E-state index contributed by atoms with van der Waals surface area (Å²) in [4.78, 5) is 19.0. The van der Waals surface area contributed by atoms with E-state index in [-0.39, 0.29) is 16.9 Å². The normalized spacial score (nSPS) is 14.6. The van der Waals surface area contributed by atoms with Gasteiger partial charge in [0.2, 0.25) is 0 Å². The summed E-state index contributed by atoms with van der Waals surface area (Å²) in [6, 6.07) is 5.52. The van der Waals surface area contributed by atoms with Gasteiger partial charge in [0, 0.05) is 38.1 Å². The van der Waals surface area contributed by atoms with Gasteiger partial charge < -0.3 is 26.0 Å². The maximum atomic E-state index is 13.8. The number of nitrogens with one attached hydrogen (secondary N) is 2. The Morgan fingerprint density at radius 3 is 2.72 bits per heavy atom. The number of nitrogens with zero attached hydrogens (tertiary/aromatic N) is 4. The second-order valence-corrected chi connectivity index (χ2v) is 7.14.